The SMILES string of the molecule is COC(=O)c1c(OC[C@H](N)Cc2ccccc2)ccc2nc(C)n(C)c12.Cl. The van der Waals surface area contributed by atoms with Crippen molar-refractivity contribution in [2.75, 3.05) is 13.7 Å². The molecule has 144 valence electrons. The van der Waals surface area contributed by atoms with Crippen molar-refractivity contribution in [1.82, 2.24) is 9.55 Å². The van der Waals surface area contributed by atoms with E-state index in [-0.39, 0.29) is 18.4 Å². The minimum atomic E-state index is -0.453. The number of fused-ring (bicyclic) bond motifs is 1. The smallest absolute Gasteiger partial charge is 0.343 e. The second-order valence-corrected chi connectivity index (χ2v) is 6.28. The predicted octanol–water partition coefficient (Wildman–Crippen LogP) is 3.04. The predicted molar refractivity (Wildman–Crippen MR) is 108 cm³/mol. The van der Waals surface area contributed by atoms with E-state index >= 15 is 0 Å². The van der Waals surface area contributed by atoms with Gasteiger partial charge in [-0.15, -0.1) is 12.4 Å². The fourth-order valence-electron chi connectivity index (χ4n) is 2.99. The van der Waals surface area contributed by atoms with E-state index in [0.717, 1.165) is 16.9 Å². The van der Waals surface area contributed by atoms with Crippen molar-refractivity contribution in [3.05, 3.63) is 59.4 Å². The summed E-state index contributed by atoms with van der Waals surface area (Å²) in [5.74, 6) is 0.809. The van der Waals surface area contributed by atoms with Gasteiger partial charge in [-0.1, -0.05) is 30.3 Å². The summed E-state index contributed by atoms with van der Waals surface area (Å²) in [6, 6.07) is 13.4. The highest BCUT2D eigenvalue weighted by Crippen LogP contribution is 2.29. The number of rotatable bonds is 6. The van der Waals surface area contributed by atoms with Gasteiger partial charge in [-0.05, 0) is 31.0 Å². The Balaban J connectivity index is 0.00000261. The Morgan fingerprint density at radius 1 is 1.22 bits per heavy atom. The number of aromatic nitrogens is 2. The fraction of sp³-hybridized carbons (Fsp3) is 0.300. The number of nitrogens with two attached hydrogens (primary N) is 1. The number of methoxy groups -OCH3 is 1. The lowest BCUT2D eigenvalue weighted by Crippen LogP contribution is -2.30. The summed E-state index contributed by atoms with van der Waals surface area (Å²) in [6.07, 6.45) is 0.696. The maximum absolute atomic E-state index is 12.4. The molecule has 0 aliphatic carbocycles. The van der Waals surface area contributed by atoms with E-state index in [9.17, 15) is 4.79 Å². The van der Waals surface area contributed by atoms with Gasteiger partial charge in [0.15, 0.2) is 0 Å². The van der Waals surface area contributed by atoms with Crippen LogP contribution in [0.1, 0.15) is 21.7 Å². The van der Waals surface area contributed by atoms with Crippen molar-refractivity contribution in [3.63, 3.8) is 0 Å². The van der Waals surface area contributed by atoms with Crippen molar-refractivity contribution in [2.24, 2.45) is 12.8 Å². The van der Waals surface area contributed by atoms with Crippen LogP contribution < -0.4 is 10.5 Å². The van der Waals surface area contributed by atoms with Gasteiger partial charge in [-0.2, -0.15) is 0 Å². The van der Waals surface area contributed by atoms with E-state index < -0.39 is 5.97 Å². The van der Waals surface area contributed by atoms with E-state index in [1.807, 2.05) is 54.9 Å². The molecule has 0 radical (unpaired) electrons. The number of hydrogen-bond acceptors (Lipinski definition) is 5. The third kappa shape index (κ3) is 4.40. The van der Waals surface area contributed by atoms with Crippen molar-refractivity contribution in [1.29, 1.82) is 0 Å². The molecule has 3 aromatic rings. The maximum atomic E-state index is 12.4. The van der Waals surface area contributed by atoms with Crippen LogP contribution in [0, 0.1) is 6.92 Å². The molecule has 0 amide bonds. The normalized spacial score (nSPS) is 11.7. The molecule has 27 heavy (non-hydrogen) atoms. The van der Waals surface area contributed by atoms with E-state index in [2.05, 4.69) is 4.98 Å². The first-order valence-electron chi connectivity index (χ1n) is 8.48. The van der Waals surface area contributed by atoms with E-state index in [0.29, 0.717) is 29.9 Å². The van der Waals surface area contributed by atoms with Gasteiger partial charge in [0.2, 0.25) is 0 Å². The van der Waals surface area contributed by atoms with Crippen LogP contribution in [0.3, 0.4) is 0 Å². The third-order valence-corrected chi connectivity index (χ3v) is 4.40. The molecule has 3 rings (SSSR count). The Hall–Kier alpha value is -2.57. The summed E-state index contributed by atoms with van der Waals surface area (Å²) < 4.78 is 12.7. The number of aryl methyl sites for hydroxylation is 2. The van der Waals surface area contributed by atoms with Crippen LogP contribution in [-0.2, 0) is 18.2 Å². The third-order valence-electron chi connectivity index (χ3n) is 4.40. The quantitative estimate of drug-likeness (QED) is 0.655. The van der Waals surface area contributed by atoms with Gasteiger partial charge in [0.25, 0.3) is 0 Å². The lowest BCUT2D eigenvalue weighted by Gasteiger charge is -2.16. The summed E-state index contributed by atoms with van der Waals surface area (Å²) in [5, 5.41) is 0. The molecular weight excluding hydrogens is 366 g/mol. The first kappa shape index (κ1) is 20.7. The Kier molecular flexibility index (Phi) is 6.82. The number of imidazole rings is 1. The number of esters is 1. The zero-order valence-electron chi connectivity index (χ0n) is 15.6. The van der Waals surface area contributed by atoms with Crippen LogP contribution >= 0.6 is 12.4 Å². The average Bonchev–Trinajstić information content (AvgIpc) is 2.94. The minimum absolute atomic E-state index is 0. The van der Waals surface area contributed by atoms with E-state index in [4.69, 9.17) is 15.2 Å². The monoisotopic (exact) mass is 389 g/mol. The summed E-state index contributed by atoms with van der Waals surface area (Å²) in [4.78, 5) is 16.8. The molecule has 0 saturated carbocycles. The van der Waals surface area contributed by atoms with Crippen LogP contribution in [0.5, 0.6) is 5.75 Å². The standard InChI is InChI=1S/C20H23N3O3.ClH/c1-13-22-16-9-10-17(18(20(24)25-3)19(16)23(13)2)26-12-15(21)11-14-7-5-4-6-8-14;/h4-10,15H,11-12,21H2,1-3H3;1H/t15-;/m1./s1. The molecule has 7 heteroatoms. The molecule has 0 spiro atoms. The van der Waals surface area contributed by atoms with Crippen LogP contribution in [0.2, 0.25) is 0 Å². The minimum Gasteiger partial charge on any atom is -0.491 e. The highest BCUT2D eigenvalue weighted by atomic mass is 35.5. The first-order valence-corrected chi connectivity index (χ1v) is 8.48. The Labute approximate surface area is 164 Å². The second kappa shape index (κ2) is 8.88. The highest BCUT2D eigenvalue weighted by Gasteiger charge is 2.22. The summed E-state index contributed by atoms with van der Waals surface area (Å²) in [7, 11) is 3.22. The van der Waals surface area contributed by atoms with Gasteiger partial charge in [0.1, 0.15) is 23.7 Å². The second-order valence-electron chi connectivity index (χ2n) is 6.28. The van der Waals surface area contributed by atoms with Crippen molar-refractivity contribution in [3.8, 4) is 5.75 Å². The molecule has 2 N–H and O–H groups in total. The molecule has 0 aliphatic rings. The van der Waals surface area contributed by atoms with Gasteiger partial charge in [0.05, 0.1) is 18.1 Å². The number of carbonyl (C=O) groups is 1. The van der Waals surface area contributed by atoms with E-state index in [1.165, 1.54) is 7.11 Å². The molecule has 6 nitrogen and oxygen atoms in total. The zero-order chi connectivity index (χ0) is 18.7. The molecule has 2 aromatic carbocycles. The zero-order valence-corrected chi connectivity index (χ0v) is 16.5. The van der Waals surface area contributed by atoms with Gasteiger partial charge >= 0.3 is 5.97 Å². The Morgan fingerprint density at radius 2 is 1.93 bits per heavy atom. The molecule has 0 unspecified atom stereocenters. The number of hydrogen-bond donors (Lipinski definition) is 1. The van der Waals surface area contributed by atoms with E-state index in [1.54, 1.807) is 6.07 Å². The molecule has 0 bridgehead atoms. The molecule has 1 heterocycles. The summed E-state index contributed by atoms with van der Waals surface area (Å²) in [6.45, 7) is 2.18. The van der Waals surface area contributed by atoms with Gasteiger partial charge in [-0.3, -0.25) is 0 Å². The molecular formula is C20H24ClN3O3. The lowest BCUT2D eigenvalue weighted by atomic mass is 10.1. The van der Waals surface area contributed by atoms with Crippen LogP contribution in [0.4, 0.5) is 0 Å². The van der Waals surface area contributed by atoms with Crippen molar-refractivity contribution in [2.45, 2.75) is 19.4 Å². The molecule has 1 atom stereocenters. The highest BCUT2D eigenvalue weighted by molar-refractivity contribution is 6.05. The Bertz CT molecular complexity index is 925. The molecule has 1 aromatic heterocycles. The van der Waals surface area contributed by atoms with Crippen molar-refractivity contribution < 1.29 is 14.3 Å². The summed E-state index contributed by atoms with van der Waals surface area (Å²) >= 11 is 0. The van der Waals surface area contributed by atoms with Gasteiger partial charge in [-0.25, -0.2) is 9.78 Å². The van der Waals surface area contributed by atoms with Crippen molar-refractivity contribution >= 4 is 29.4 Å². The molecule has 0 aliphatic heterocycles. The molecule has 0 saturated heterocycles. The number of ether oxygens (including phenoxy) is 2. The number of benzene rings is 2. The topological polar surface area (TPSA) is 79.4 Å². The number of halogens is 1. The maximum Gasteiger partial charge on any atom is 0.343 e. The number of nitrogens with zero attached hydrogens (tertiary/aromatic N) is 2. The van der Waals surface area contributed by atoms with Gasteiger partial charge in [0, 0.05) is 13.1 Å². The number of carbonyl (C=O) groups excluding carboxylic acids is 1. The fourth-order valence-corrected chi connectivity index (χ4v) is 2.99. The first-order chi connectivity index (χ1) is 12.5. The summed E-state index contributed by atoms with van der Waals surface area (Å²) in [5.41, 5.74) is 9.15. The van der Waals surface area contributed by atoms with Crippen LogP contribution in [0.15, 0.2) is 42.5 Å². The van der Waals surface area contributed by atoms with Gasteiger partial charge < -0.3 is 19.8 Å². The molecule has 0 fully saturated rings. The average molecular weight is 390 g/mol. The lowest BCUT2D eigenvalue weighted by molar-refractivity contribution is 0.0597. The van der Waals surface area contributed by atoms with Crippen LogP contribution in [0.25, 0.3) is 11.0 Å². The largest absolute Gasteiger partial charge is 0.491 e. The Morgan fingerprint density at radius 3 is 2.59 bits per heavy atom. The van der Waals surface area contributed by atoms with Crippen LogP contribution in [-0.4, -0.2) is 35.3 Å².